The second-order valence-corrected chi connectivity index (χ2v) is 8.50. The Hall–Kier alpha value is -2.87. The molecular weight excluding hydrogens is 406 g/mol. The van der Waals surface area contributed by atoms with Crippen LogP contribution >= 0.6 is 11.8 Å². The Bertz CT molecular complexity index is 988. The molecule has 3 rings (SSSR count). The fraction of sp³-hybridized carbons (Fsp3) is 0.417. The summed E-state index contributed by atoms with van der Waals surface area (Å²) in [5.41, 5.74) is 2.36. The highest BCUT2D eigenvalue weighted by molar-refractivity contribution is 8.00. The Morgan fingerprint density at radius 3 is 2.29 bits per heavy atom. The molecule has 1 unspecified atom stereocenters. The molecule has 31 heavy (non-hydrogen) atoms. The number of rotatable bonds is 8. The van der Waals surface area contributed by atoms with Crippen LogP contribution in [0.2, 0.25) is 0 Å². The van der Waals surface area contributed by atoms with Gasteiger partial charge in [-0.15, -0.1) is 0 Å². The molecule has 0 saturated carbocycles. The number of hydrogen-bond donors (Lipinski definition) is 0. The zero-order valence-electron chi connectivity index (χ0n) is 18.0. The van der Waals surface area contributed by atoms with Gasteiger partial charge in [-0.25, -0.2) is 4.98 Å². The van der Waals surface area contributed by atoms with Gasteiger partial charge >= 0.3 is 0 Å². The normalized spacial score (nSPS) is 15.2. The monoisotopic (exact) mass is 432 g/mol. The van der Waals surface area contributed by atoms with Gasteiger partial charge in [0.1, 0.15) is 28.2 Å². The van der Waals surface area contributed by atoms with Crippen molar-refractivity contribution in [3.63, 3.8) is 0 Å². The first-order chi connectivity index (χ1) is 15.2. The predicted octanol–water partition coefficient (Wildman–Crippen LogP) is 3.86. The summed E-state index contributed by atoms with van der Waals surface area (Å²) in [5, 5.41) is 19.7. The van der Waals surface area contributed by atoms with E-state index in [4.69, 9.17) is 4.98 Å². The lowest BCUT2D eigenvalue weighted by Gasteiger charge is -2.36. The molecule has 1 atom stereocenters. The van der Waals surface area contributed by atoms with Gasteiger partial charge in [-0.1, -0.05) is 55.9 Å². The molecular formula is C24H26N5OS. The first-order valence-electron chi connectivity index (χ1n) is 10.6. The highest BCUT2D eigenvalue weighted by Gasteiger charge is 2.27. The molecule has 1 aliphatic heterocycles. The van der Waals surface area contributed by atoms with E-state index >= 15 is 0 Å². The lowest BCUT2D eigenvalue weighted by Crippen LogP contribution is -2.47. The van der Waals surface area contributed by atoms with E-state index in [1.54, 1.807) is 0 Å². The molecule has 1 fully saturated rings. The summed E-state index contributed by atoms with van der Waals surface area (Å²) in [4.78, 5) is 21.1. The minimum Gasteiger partial charge on any atom is -0.353 e. The van der Waals surface area contributed by atoms with Crippen molar-refractivity contribution in [2.75, 3.05) is 37.6 Å². The summed E-state index contributed by atoms with van der Waals surface area (Å²) in [5.74, 6) is 0.620. The van der Waals surface area contributed by atoms with Crippen molar-refractivity contribution in [2.45, 2.75) is 37.0 Å². The number of thioether (sulfide) groups is 1. The van der Waals surface area contributed by atoms with E-state index in [1.807, 2.05) is 37.3 Å². The standard InChI is InChI=1S/C24H26N5OS/c1-3-10-28-11-13-29(14-12-28)23-20(15-25)19(4-2)21(16-26)24(27-23)31-22(17-30)18-8-6-5-7-9-18/h5-9,22H,3-4,10-14H2,1-2H3. The molecule has 0 spiro atoms. The van der Waals surface area contributed by atoms with Gasteiger partial charge in [0, 0.05) is 26.2 Å². The summed E-state index contributed by atoms with van der Waals surface area (Å²) in [6, 6.07) is 13.9. The Morgan fingerprint density at radius 1 is 1.06 bits per heavy atom. The number of pyridine rings is 1. The molecule has 2 aromatic rings. The van der Waals surface area contributed by atoms with Crippen molar-refractivity contribution >= 4 is 23.9 Å². The molecule has 2 heterocycles. The van der Waals surface area contributed by atoms with Crippen LogP contribution in [0.15, 0.2) is 35.4 Å². The highest BCUT2D eigenvalue weighted by atomic mass is 32.2. The number of aromatic nitrogens is 1. The smallest absolute Gasteiger partial charge is 0.217 e. The van der Waals surface area contributed by atoms with Gasteiger partial charge < -0.3 is 4.90 Å². The molecule has 0 aliphatic carbocycles. The topological polar surface area (TPSA) is 84.0 Å². The SMILES string of the molecule is CCCN1CCN(c2nc(SC([C]=O)c3ccccc3)c(C#N)c(CC)c2C#N)CC1. The number of piperazine rings is 1. The van der Waals surface area contributed by atoms with Crippen LogP contribution in [0.4, 0.5) is 5.82 Å². The molecule has 1 aliphatic rings. The van der Waals surface area contributed by atoms with Gasteiger partial charge in [0.25, 0.3) is 0 Å². The summed E-state index contributed by atoms with van der Waals surface area (Å²) in [6.07, 6.45) is 3.74. The van der Waals surface area contributed by atoms with Crippen LogP contribution in [0.25, 0.3) is 0 Å². The maximum Gasteiger partial charge on any atom is 0.217 e. The van der Waals surface area contributed by atoms with Gasteiger partial charge in [0.15, 0.2) is 0 Å². The van der Waals surface area contributed by atoms with Crippen molar-refractivity contribution in [3.05, 3.63) is 52.6 Å². The Morgan fingerprint density at radius 2 is 1.74 bits per heavy atom. The second-order valence-electron chi connectivity index (χ2n) is 7.40. The second kappa shape index (κ2) is 10.9. The van der Waals surface area contributed by atoms with Gasteiger partial charge in [-0.3, -0.25) is 9.69 Å². The Labute approximate surface area is 188 Å². The van der Waals surface area contributed by atoms with Gasteiger partial charge in [-0.2, -0.15) is 10.5 Å². The maximum atomic E-state index is 11.7. The fourth-order valence-electron chi connectivity index (χ4n) is 3.90. The Balaban J connectivity index is 2.01. The van der Waals surface area contributed by atoms with Gasteiger partial charge in [0.05, 0.1) is 11.1 Å². The quantitative estimate of drug-likeness (QED) is 0.586. The first-order valence-corrected chi connectivity index (χ1v) is 11.5. The Kier molecular flexibility index (Phi) is 8.06. The van der Waals surface area contributed by atoms with Crippen LogP contribution in [-0.4, -0.2) is 48.9 Å². The third-order valence-corrected chi connectivity index (χ3v) is 6.60. The molecule has 1 aromatic carbocycles. The van der Waals surface area contributed by atoms with Gasteiger partial charge in [0.2, 0.25) is 6.29 Å². The van der Waals surface area contributed by atoms with Crippen molar-refractivity contribution in [1.82, 2.24) is 9.88 Å². The first kappa shape index (κ1) is 22.8. The van der Waals surface area contributed by atoms with E-state index in [0.29, 0.717) is 34.0 Å². The van der Waals surface area contributed by atoms with Gasteiger partial charge in [-0.05, 0) is 30.5 Å². The molecule has 6 nitrogen and oxygen atoms in total. The van der Waals surface area contributed by atoms with Crippen molar-refractivity contribution in [2.24, 2.45) is 0 Å². The molecule has 7 heteroatoms. The van der Waals surface area contributed by atoms with E-state index < -0.39 is 5.25 Å². The fourth-order valence-corrected chi connectivity index (χ4v) is 4.89. The van der Waals surface area contributed by atoms with Crippen LogP contribution in [-0.2, 0) is 11.2 Å². The lowest BCUT2D eigenvalue weighted by atomic mass is 10.0. The highest BCUT2D eigenvalue weighted by Crippen LogP contribution is 2.38. The van der Waals surface area contributed by atoms with E-state index in [9.17, 15) is 15.3 Å². The third kappa shape index (κ3) is 5.07. The van der Waals surface area contributed by atoms with E-state index in [0.717, 1.165) is 44.7 Å². The molecule has 1 aromatic heterocycles. The van der Waals surface area contributed by atoms with Crippen LogP contribution in [0.1, 0.15) is 47.8 Å². The minimum absolute atomic E-state index is 0.383. The van der Waals surface area contributed by atoms with Crippen LogP contribution < -0.4 is 4.90 Å². The van der Waals surface area contributed by atoms with Crippen LogP contribution in [0, 0.1) is 22.7 Å². The van der Waals surface area contributed by atoms with Crippen LogP contribution in [0.3, 0.4) is 0 Å². The van der Waals surface area contributed by atoms with E-state index in [-0.39, 0.29) is 0 Å². The molecule has 1 saturated heterocycles. The molecule has 0 amide bonds. The van der Waals surface area contributed by atoms with Crippen molar-refractivity contribution in [3.8, 4) is 12.1 Å². The number of carbonyl (C=O) groups excluding carboxylic acids is 1. The van der Waals surface area contributed by atoms with E-state index in [2.05, 4.69) is 35.1 Å². The molecule has 1 radical (unpaired) electrons. The number of nitrogens with zero attached hydrogens (tertiary/aromatic N) is 5. The summed E-state index contributed by atoms with van der Waals surface area (Å²) in [7, 11) is 0. The summed E-state index contributed by atoms with van der Waals surface area (Å²) in [6.45, 7) is 8.57. The largest absolute Gasteiger partial charge is 0.353 e. The zero-order chi connectivity index (χ0) is 22.2. The number of anilines is 1. The van der Waals surface area contributed by atoms with Crippen molar-refractivity contribution < 1.29 is 4.79 Å². The molecule has 0 N–H and O–H groups in total. The average Bonchev–Trinajstić information content (AvgIpc) is 2.82. The minimum atomic E-state index is -0.590. The lowest BCUT2D eigenvalue weighted by molar-refractivity contribution is 0.258. The summed E-state index contributed by atoms with van der Waals surface area (Å²) >= 11 is 1.22. The molecule has 0 bridgehead atoms. The van der Waals surface area contributed by atoms with Crippen LogP contribution in [0.5, 0.6) is 0 Å². The van der Waals surface area contributed by atoms with Crippen molar-refractivity contribution in [1.29, 1.82) is 10.5 Å². The number of benzene rings is 1. The summed E-state index contributed by atoms with van der Waals surface area (Å²) < 4.78 is 0. The molecule has 159 valence electrons. The van der Waals surface area contributed by atoms with E-state index in [1.165, 1.54) is 11.8 Å². The number of nitriles is 2. The predicted molar refractivity (Wildman–Crippen MR) is 123 cm³/mol. The third-order valence-electron chi connectivity index (χ3n) is 5.48. The maximum absolute atomic E-state index is 11.7. The average molecular weight is 433 g/mol. The zero-order valence-corrected chi connectivity index (χ0v) is 18.8. The number of hydrogen-bond acceptors (Lipinski definition) is 7.